The molecule has 1 amide bonds. The quantitative estimate of drug-likeness (QED) is 0.831. The van der Waals surface area contributed by atoms with Gasteiger partial charge < -0.3 is 9.88 Å². The van der Waals surface area contributed by atoms with Gasteiger partial charge in [0, 0.05) is 6.54 Å². The SMILES string of the molecule is CCn1c([C@@H](NC(=O)c2ccccc2F)C(C)C)n[nH]c1=S. The zero-order valence-electron chi connectivity index (χ0n) is 12.8. The summed E-state index contributed by atoms with van der Waals surface area (Å²) < 4.78 is 16.1. The van der Waals surface area contributed by atoms with E-state index >= 15 is 0 Å². The smallest absolute Gasteiger partial charge is 0.254 e. The van der Waals surface area contributed by atoms with Gasteiger partial charge in [-0.2, -0.15) is 5.10 Å². The maximum atomic E-state index is 13.7. The summed E-state index contributed by atoms with van der Waals surface area (Å²) in [6.07, 6.45) is 0. The summed E-state index contributed by atoms with van der Waals surface area (Å²) in [5.41, 5.74) is 0.0188. The van der Waals surface area contributed by atoms with E-state index in [2.05, 4.69) is 15.5 Å². The van der Waals surface area contributed by atoms with E-state index < -0.39 is 11.7 Å². The second kappa shape index (κ2) is 6.83. The first-order valence-corrected chi connectivity index (χ1v) is 7.57. The van der Waals surface area contributed by atoms with Crippen LogP contribution in [0.15, 0.2) is 24.3 Å². The summed E-state index contributed by atoms with van der Waals surface area (Å²) in [5.74, 6) is -0.288. The van der Waals surface area contributed by atoms with Gasteiger partial charge >= 0.3 is 0 Å². The van der Waals surface area contributed by atoms with Crippen molar-refractivity contribution in [3.8, 4) is 0 Å². The molecule has 2 aromatic rings. The molecule has 0 bridgehead atoms. The van der Waals surface area contributed by atoms with Crippen LogP contribution >= 0.6 is 12.2 Å². The number of aromatic amines is 1. The number of hydrogen-bond acceptors (Lipinski definition) is 3. The Morgan fingerprint density at radius 3 is 2.73 bits per heavy atom. The van der Waals surface area contributed by atoms with Gasteiger partial charge in [0.2, 0.25) is 0 Å². The van der Waals surface area contributed by atoms with Crippen LogP contribution in [0, 0.1) is 16.5 Å². The lowest BCUT2D eigenvalue weighted by Gasteiger charge is -2.22. The fourth-order valence-corrected chi connectivity index (χ4v) is 2.53. The van der Waals surface area contributed by atoms with Crippen LogP contribution in [-0.4, -0.2) is 20.7 Å². The third-order valence-electron chi connectivity index (χ3n) is 3.45. The van der Waals surface area contributed by atoms with Crippen LogP contribution in [0.3, 0.4) is 0 Å². The highest BCUT2D eigenvalue weighted by Gasteiger charge is 2.25. The first kappa shape index (κ1) is 16.4. The predicted octanol–water partition coefficient (Wildman–Crippen LogP) is 3.23. The van der Waals surface area contributed by atoms with Crippen molar-refractivity contribution in [2.45, 2.75) is 33.4 Å². The fourth-order valence-electron chi connectivity index (χ4n) is 2.27. The number of rotatable bonds is 5. The molecule has 118 valence electrons. The van der Waals surface area contributed by atoms with Crippen molar-refractivity contribution in [3.05, 3.63) is 46.2 Å². The second-order valence-electron chi connectivity index (χ2n) is 5.31. The standard InChI is InChI=1S/C15H19FN4OS/c1-4-20-13(18-19-15(20)22)12(9(2)3)17-14(21)10-7-5-6-8-11(10)16/h5-9,12H,4H2,1-3H3,(H,17,21)(H,19,22)/t12-/m0/s1. The van der Waals surface area contributed by atoms with Gasteiger partial charge in [0.05, 0.1) is 11.6 Å². The van der Waals surface area contributed by atoms with Crippen molar-refractivity contribution >= 4 is 18.1 Å². The summed E-state index contributed by atoms with van der Waals surface area (Å²) >= 11 is 5.18. The van der Waals surface area contributed by atoms with Gasteiger partial charge in [-0.1, -0.05) is 26.0 Å². The molecule has 0 fully saturated rings. The highest BCUT2D eigenvalue weighted by Crippen LogP contribution is 2.21. The van der Waals surface area contributed by atoms with E-state index in [1.165, 1.54) is 12.1 Å². The third-order valence-corrected chi connectivity index (χ3v) is 3.77. The number of halogens is 1. The Hall–Kier alpha value is -2.02. The molecule has 0 saturated heterocycles. The highest BCUT2D eigenvalue weighted by molar-refractivity contribution is 7.71. The second-order valence-corrected chi connectivity index (χ2v) is 5.69. The Labute approximate surface area is 133 Å². The molecular formula is C15H19FN4OS. The molecule has 0 unspecified atom stereocenters. The fraction of sp³-hybridized carbons (Fsp3) is 0.400. The van der Waals surface area contributed by atoms with Crippen LogP contribution in [0.2, 0.25) is 0 Å². The van der Waals surface area contributed by atoms with Crippen molar-refractivity contribution in [2.75, 3.05) is 0 Å². The number of amides is 1. The lowest BCUT2D eigenvalue weighted by molar-refractivity contribution is 0.0918. The van der Waals surface area contributed by atoms with Crippen molar-refractivity contribution in [3.63, 3.8) is 0 Å². The molecule has 1 heterocycles. The molecule has 2 rings (SSSR count). The maximum Gasteiger partial charge on any atom is 0.254 e. The van der Waals surface area contributed by atoms with Gasteiger partial charge in [-0.15, -0.1) is 0 Å². The van der Waals surface area contributed by atoms with E-state index in [-0.39, 0.29) is 17.5 Å². The highest BCUT2D eigenvalue weighted by atomic mass is 32.1. The molecule has 0 saturated carbocycles. The van der Waals surface area contributed by atoms with Crippen LogP contribution in [-0.2, 0) is 6.54 Å². The summed E-state index contributed by atoms with van der Waals surface area (Å²) in [6, 6.07) is 5.54. The Bertz CT molecular complexity index is 722. The lowest BCUT2D eigenvalue weighted by Crippen LogP contribution is -2.34. The van der Waals surface area contributed by atoms with Crippen LogP contribution < -0.4 is 5.32 Å². The number of carbonyl (C=O) groups is 1. The molecule has 1 aromatic heterocycles. The van der Waals surface area contributed by atoms with E-state index in [0.717, 1.165) is 0 Å². The minimum Gasteiger partial charge on any atom is -0.342 e. The van der Waals surface area contributed by atoms with E-state index in [9.17, 15) is 9.18 Å². The van der Waals surface area contributed by atoms with Crippen LogP contribution in [0.25, 0.3) is 0 Å². The van der Waals surface area contributed by atoms with Gasteiger partial charge in [-0.25, -0.2) is 4.39 Å². The molecule has 1 atom stereocenters. The van der Waals surface area contributed by atoms with Gasteiger partial charge in [-0.3, -0.25) is 9.89 Å². The Balaban J connectivity index is 2.32. The van der Waals surface area contributed by atoms with Crippen molar-refractivity contribution in [2.24, 2.45) is 5.92 Å². The summed E-state index contributed by atoms with van der Waals surface area (Å²) in [6.45, 7) is 6.52. The number of hydrogen-bond donors (Lipinski definition) is 2. The molecule has 0 aliphatic rings. The van der Waals surface area contributed by atoms with Crippen molar-refractivity contribution < 1.29 is 9.18 Å². The van der Waals surface area contributed by atoms with Gasteiger partial charge in [-0.05, 0) is 37.2 Å². The zero-order valence-corrected chi connectivity index (χ0v) is 13.6. The first-order chi connectivity index (χ1) is 10.5. The monoisotopic (exact) mass is 322 g/mol. The zero-order chi connectivity index (χ0) is 16.3. The average molecular weight is 322 g/mol. The number of H-pyrrole nitrogens is 1. The normalized spacial score (nSPS) is 12.4. The van der Waals surface area contributed by atoms with Crippen molar-refractivity contribution in [1.29, 1.82) is 0 Å². The molecule has 0 radical (unpaired) electrons. The van der Waals surface area contributed by atoms with Crippen LogP contribution in [0.4, 0.5) is 4.39 Å². The Kier molecular flexibility index (Phi) is 5.07. The van der Waals surface area contributed by atoms with Crippen LogP contribution in [0.5, 0.6) is 0 Å². The molecule has 0 aliphatic carbocycles. The Morgan fingerprint density at radius 2 is 2.14 bits per heavy atom. The van der Waals surface area contributed by atoms with Crippen LogP contribution in [0.1, 0.15) is 43.0 Å². The number of aromatic nitrogens is 3. The average Bonchev–Trinajstić information content (AvgIpc) is 2.85. The summed E-state index contributed by atoms with van der Waals surface area (Å²) in [7, 11) is 0. The van der Waals surface area contributed by atoms with E-state index in [1.54, 1.807) is 12.1 Å². The van der Waals surface area contributed by atoms with Gasteiger partial charge in [0.1, 0.15) is 5.82 Å². The maximum absolute atomic E-state index is 13.7. The van der Waals surface area contributed by atoms with E-state index in [1.807, 2.05) is 25.3 Å². The molecular weight excluding hydrogens is 303 g/mol. The van der Waals surface area contributed by atoms with Gasteiger partial charge in [0.15, 0.2) is 10.6 Å². The molecule has 22 heavy (non-hydrogen) atoms. The topological polar surface area (TPSA) is 62.7 Å². The molecule has 0 spiro atoms. The number of nitrogens with zero attached hydrogens (tertiary/aromatic N) is 2. The minimum absolute atomic E-state index is 0.0188. The molecule has 0 aliphatic heterocycles. The van der Waals surface area contributed by atoms with Crippen molar-refractivity contribution in [1.82, 2.24) is 20.1 Å². The molecule has 2 N–H and O–H groups in total. The number of benzene rings is 1. The van der Waals surface area contributed by atoms with E-state index in [0.29, 0.717) is 17.1 Å². The minimum atomic E-state index is -0.545. The molecule has 1 aromatic carbocycles. The largest absolute Gasteiger partial charge is 0.342 e. The molecule has 5 nitrogen and oxygen atoms in total. The summed E-state index contributed by atoms with van der Waals surface area (Å²) in [5, 5.41) is 9.80. The Morgan fingerprint density at radius 1 is 1.45 bits per heavy atom. The third kappa shape index (κ3) is 3.24. The number of carbonyl (C=O) groups excluding carboxylic acids is 1. The predicted molar refractivity (Wildman–Crippen MR) is 84.5 cm³/mol. The molecule has 7 heteroatoms. The lowest BCUT2D eigenvalue weighted by atomic mass is 10.0. The number of nitrogens with one attached hydrogen (secondary N) is 2. The van der Waals surface area contributed by atoms with Gasteiger partial charge in [0.25, 0.3) is 5.91 Å². The van der Waals surface area contributed by atoms with E-state index in [4.69, 9.17) is 12.2 Å². The summed E-state index contributed by atoms with van der Waals surface area (Å²) in [4.78, 5) is 12.3. The first-order valence-electron chi connectivity index (χ1n) is 7.16.